The van der Waals surface area contributed by atoms with Gasteiger partial charge in [-0.2, -0.15) is 10.5 Å². The summed E-state index contributed by atoms with van der Waals surface area (Å²) in [6.07, 6.45) is 0. The average molecular weight is 422 g/mol. The Bertz CT molecular complexity index is 1180. The second-order valence-electron chi connectivity index (χ2n) is 5.77. The molecule has 0 radical (unpaired) electrons. The minimum Gasteiger partial charge on any atom is -0.462 e. The molecule has 2 heterocycles. The molecule has 1 aromatic carbocycles. The fourth-order valence-corrected chi connectivity index (χ4v) is 4.51. The van der Waals surface area contributed by atoms with Gasteiger partial charge in [-0.05, 0) is 25.0 Å². The van der Waals surface area contributed by atoms with Crippen molar-refractivity contribution in [2.75, 3.05) is 12.3 Å². The number of anilines is 1. The Morgan fingerprint density at radius 1 is 1.10 bits per heavy atom. The summed E-state index contributed by atoms with van der Waals surface area (Å²) in [6, 6.07) is 13.5. The van der Waals surface area contributed by atoms with Crippen LogP contribution in [0.4, 0.5) is 15.0 Å². The normalized spacial score (nSPS) is 10.6. The van der Waals surface area contributed by atoms with Crippen molar-refractivity contribution in [3.05, 3.63) is 51.9 Å². The van der Waals surface area contributed by atoms with E-state index in [4.69, 9.17) is 10.5 Å². The number of nitrogen functional groups attached to an aromatic ring is 1. The molecule has 0 unspecified atom stereocenters. The third kappa shape index (κ3) is 3.87. The largest absolute Gasteiger partial charge is 0.462 e. The summed E-state index contributed by atoms with van der Waals surface area (Å²) in [5.74, 6) is -0.495. The number of rotatable bonds is 5. The maximum Gasteiger partial charge on any atom is 0.348 e. The zero-order valence-corrected chi connectivity index (χ0v) is 17.2. The number of thiophene rings is 2. The van der Waals surface area contributed by atoms with Crippen LogP contribution in [0.15, 0.2) is 40.6 Å². The van der Waals surface area contributed by atoms with Crippen molar-refractivity contribution in [3.63, 3.8) is 0 Å². The van der Waals surface area contributed by atoms with Gasteiger partial charge in [-0.15, -0.1) is 21.6 Å². The monoisotopic (exact) mass is 421 g/mol. The number of nitrogens with two attached hydrogens (primary N) is 1. The van der Waals surface area contributed by atoms with Crippen LogP contribution in [0, 0.1) is 29.6 Å². The van der Waals surface area contributed by atoms with Crippen molar-refractivity contribution in [2.45, 2.75) is 13.8 Å². The Balaban J connectivity index is 2.08. The van der Waals surface area contributed by atoms with Gasteiger partial charge < -0.3 is 10.5 Å². The molecule has 0 saturated heterocycles. The highest BCUT2D eigenvalue weighted by molar-refractivity contribution is 7.20. The Hall–Kier alpha value is -3.53. The van der Waals surface area contributed by atoms with Gasteiger partial charge in [0, 0.05) is 5.56 Å². The summed E-state index contributed by atoms with van der Waals surface area (Å²) < 4.78 is 5.03. The second kappa shape index (κ2) is 8.65. The van der Waals surface area contributed by atoms with Crippen LogP contribution < -0.4 is 5.73 Å². The minimum atomic E-state index is -0.495. The lowest BCUT2D eigenvalue weighted by Crippen LogP contribution is -2.03. The highest BCUT2D eigenvalue weighted by atomic mass is 32.1. The number of carbonyl (C=O) groups is 1. The molecule has 2 aromatic heterocycles. The van der Waals surface area contributed by atoms with Gasteiger partial charge in [0.2, 0.25) is 0 Å². The number of hydrogen-bond acceptors (Lipinski definition) is 9. The Morgan fingerprint density at radius 2 is 1.76 bits per heavy atom. The van der Waals surface area contributed by atoms with E-state index < -0.39 is 5.97 Å². The molecule has 0 atom stereocenters. The Morgan fingerprint density at radius 3 is 2.38 bits per heavy atom. The number of carbonyl (C=O) groups excluding carboxylic acids is 1. The van der Waals surface area contributed by atoms with Crippen LogP contribution in [0.3, 0.4) is 0 Å². The molecule has 0 aliphatic rings. The van der Waals surface area contributed by atoms with E-state index in [1.165, 1.54) is 0 Å². The van der Waals surface area contributed by atoms with E-state index in [2.05, 4.69) is 22.4 Å². The molecule has 0 fully saturated rings. The number of benzene rings is 1. The van der Waals surface area contributed by atoms with Crippen LogP contribution in [-0.2, 0) is 4.74 Å². The SMILES string of the molecule is CCOC(=O)c1sc(/N=N/c2sc(N)c(C#N)c2-c2ccccc2)c(C#N)c1C. The van der Waals surface area contributed by atoms with Gasteiger partial charge in [-0.25, -0.2) is 4.79 Å². The zero-order valence-electron chi connectivity index (χ0n) is 15.6. The lowest BCUT2D eigenvalue weighted by molar-refractivity contribution is 0.0531. The lowest BCUT2D eigenvalue weighted by atomic mass is 10.0. The predicted octanol–water partition coefficient (Wildman–Crippen LogP) is 5.70. The Labute approximate surface area is 175 Å². The molecule has 0 aliphatic heterocycles. The molecule has 144 valence electrons. The molecule has 0 bridgehead atoms. The fraction of sp³-hybridized carbons (Fsp3) is 0.150. The van der Waals surface area contributed by atoms with E-state index in [1.54, 1.807) is 13.8 Å². The Kier molecular flexibility index (Phi) is 6.03. The molecular weight excluding hydrogens is 406 g/mol. The summed E-state index contributed by atoms with van der Waals surface area (Å²) >= 11 is 2.19. The van der Waals surface area contributed by atoms with Gasteiger partial charge in [-0.3, -0.25) is 0 Å². The molecule has 3 aromatic rings. The van der Waals surface area contributed by atoms with Crippen LogP contribution in [0.2, 0.25) is 0 Å². The molecule has 2 N–H and O–H groups in total. The molecule has 0 saturated carbocycles. The standard InChI is InChI=1S/C20H15N5O2S2/c1-3-27-20(26)16-11(2)13(9-21)18(28-16)24-25-19-15(12-7-5-4-6-8-12)14(10-22)17(23)29-19/h4-8H,3,23H2,1-2H3/b25-24+. The first-order valence-corrected chi connectivity index (χ1v) is 10.1. The first kappa shape index (κ1) is 20.2. The van der Waals surface area contributed by atoms with Crippen LogP contribution in [0.1, 0.15) is 33.3 Å². The molecule has 0 amide bonds. The molecule has 29 heavy (non-hydrogen) atoms. The van der Waals surface area contributed by atoms with Gasteiger partial charge >= 0.3 is 5.97 Å². The number of azo groups is 1. The third-order valence-electron chi connectivity index (χ3n) is 4.02. The summed E-state index contributed by atoms with van der Waals surface area (Å²) in [5, 5.41) is 28.6. The van der Waals surface area contributed by atoms with Crippen LogP contribution in [0.25, 0.3) is 11.1 Å². The number of nitrogens with zero attached hydrogens (tertiary/aromatic N) is 4. The van der Waals surface area contributed by atoms with E-state index in [9.17, 15) is 15.3 Å². The fourth-order valence-electron chi connectivity index (χ4n) is 2.67. The highest BCUT2D eigenvalue weighted by Crippen LogP contribution is 2.45. The maximum absolute atomic E-state index is 12.1. The van der Waals surface area contributed by atoms with Crippen molar-refractivity contribution in [2.24, 2.45) is 10.2 Å². The number of hydrogen-bond donors (Lipinski definition) is 1. The summed E-state index contributed by atoms with van der Waals surface area (Å²) in [4.78, 5) is 12.4. The minimum absolute atomic E-state index is 0.237. The quantitative estimate of drug-likeness (QED) is 0.418. The van der Waals surface area contributed by atoms with Crippen LogP contribution in [0.5, 0.6) is 0 Å². The van der Waals surface area contributed by atoms with Crippen molar-refractivity contribution in [1.82, 2.24) is 0 Å². The van der Waals surface area contributed by atoms with Crippen molar-refractivity contribution >= 4 is 43.6 Å². The molecular formula is C20H15N5O2S2. The molecule has 3 rings (SSSR count). The smallest absolute Gasteiger partial charge is 0.348 e. The van der Waals surface area contributed by atoms with Crippen LogP contribution >= 0.6 is 22.7 Å². The van der Waals surface area contributed by atoms with Gasteiger partial charge in [0.15, 0.2) is 5.00 Å². The predicted molar refractivity (Wildman–Crippen MR) is 113 cm³/mol. The summed E-state index contributed by atoms with van der Waals surface area (Å²) in [5.41, 5.74) is 8.51. The lowest BCUT2D eigenvalue weighted by Gasteiger charge is -2.00. The van der Waals surface area contributed by atoms with Gasteiger partial charge in [0.05, 0.1) is 17.7 Å². The van der Waals surface area contributed by atoms with Gasteiger partial charge in [-0.1, -0.05) is 41.7 Å². The molecule has 0 aliphatic carbocycles. The third-order valence-corrected chi connectivity index (χ3v) is 6.08. The van der Waals surface area contributed by atoms with Crippen LogP contribution in [-0.4, -0.2) is 12.6 Å². The van der Waals surface area contributed by atoms with Gasteiger partial charge in [0.1, 0.15) is 27.0 Å². The topological polar surface area (TPSA) is 125 Å². The van der Waals surface area contributed by atoms with E-state index in [-0.39, 0.29) is 12.2 Å². The molecule has 9 heteroatoms. The van der Waals surface area contributed by atoms with Gasteiger partial charge in [0.25, 0.3) is 0 Å². The molecule has 7 nitrogen and oxygen atoms in total. The van der Waals surface area contributed by atoms with E-state index in [0.29, 0.717) is 36.6 Å². The highest BCUT2D eigenvalue weighted by Gasteiger charge is 2.22. The molecule has 0 spiro atoms. The second-order valence-corrected chi connectivity index (χ2v) is 7.80. The number of nitriles is 2. The number of esters is 1. The zero-order chi connectivity index (χ0) is 21.0. The first-order chi connectivity index (χ1) is 14.0. The van der Waals surface area contributed by atoms with E-state index in [1.807, 2.05) is 30.3 Å². The van der Waals surface area contributed by atoms with Crippen molar-refractivity contribution < 1.29 is 9.53 Å². The maximum atomic E-state index is 12.1. The van der Waals surface area contributed by atoms with E-state index in [0.717, 1.165) is 28.2 Å². The van der Waals surface area contributed by atoms with Crippen molar-refractivity contribution in [1.29, 1.82) is 10.5 Å². The number of ether oxygens (including phenoxy) is 1. The first-order valence-electron chi connectivity index (χ1n) is 8.51. The van der Waals surface area contributed by atoms with Crippen molar-refractivity contribution in [3.8, 4) is 23.3 Å². The van der Waals surface area contributed by atoms with E-state index >= 15 is 0 Å². The summed E-state index contributed by atoms with van der Waals surface area (Å²) in [7, 11) is 0. The average Bonchev–Trinajstić information content (AvgIpc) is 3.22. The summed E-state index contributed by atoms with van der Waals surface area (Å²) in [6.45, 7) is 3.62.